The molecule has 2 amide bonds. The summed E-state index contributed by atoms with van der Waals surface area (Å²) < 4.78 is 5.13. The number of amides is 2. The first-order valence-corrected chi connectivity index (χ1v) is 9.76. The molecule has 0 aliphatic rings. The Balaban J connectivity index is 1.77. The van der Waals surface area contributed by atoms with Gasteiger partial charge in [0.1, 0.15) is 5.75 Å². The van der Waals surface area contributed by atoms with Gasteiger partial charge in [-0.1, -0.05) is 12.1 Å². The minimum atomic E-state index is -0.192. The zero-order valence-electron chi connectivity index (χ0n) is 16.2. The molecule has 0 spiro atoms. The number of anilines is 1. The van der Waals surface area contributed by atoms with Crippen LogP contribution in [0.2, 0.25) is 0 Å². The van der Waals surface area contributed by atoms with E-state index in [0.717, 1.165) is 27.5 Å². The average molecular weight is 387 g/mol. The summed E-state index contributed by atoms with van der Waals surface area (Å²) in [4.78, 5) is 27.0. The maximum atomic E-state index is 12.3. The molecule has 0 fully saturated rings. The van der Waals surface area contributed by atoms with Gasteiger partial charge in [0, 0.05) is 29.8 Å². The molecule has 5 nitrogen and oxygen atoms in total. The Morgan fingerprint density at radius 2 is 1.81 bits per heavy atom. The molecule has 0 radical (unpaired) electrons. The number of hydrogen-bond donors (Lipinski definition) is 1. The van der Waals surface area contributed by atoms with Gasteiger partial charge >= 0.3 is 0 Å². The van der Waals surface area contributed by atoms with Crippen LogP contribution in [0.3, 0.4) is 0 Å². The van der Waals surface area contributed by atoms with Crippen molar-refractivity contribution in [1.29, 1.82) is 0 Å². The van der Waals surface area contributed by atoms with Gasteiger partial charge in [-0.15, -0.1) is 11.8 Å². The Morgan fingerprint density at radius 3 is 2.48 bits per heavy atom. The molecule has 144 valence electrons. The average Bonchev–Trinajstić information content (AvgIpc) is 2.65. The highest BCUT2D eigenvalue weighted by molar-refractivity contribution is 7.99. The van der Waals surface area contributed by atoms with Crippen LogP contribution in [0.5, 0.6) is 5.75 Å². The summed E-state index contributed by atoms with van der Waals surface area (Å²) >= 11 is 1.61. The zero-order valence-corrected chi connectivity index (χ0v) is 17.1. The van der Waals surface area contributed by atoms with E-state index >= 15 is 0 Å². The van der Waals surface area contributed by atoms with Crippen molar-refractivity contribution in [3.63, 3.8) is 0 Å². The number of ether oxygens (including phenoxy) is 1. The normalized spacial score (nSPS) is 10.4. The number of nitrogens with one attached hydrogen (secondary N) is 1. The third-order valence-corrected chi connectivity index (χ3v) is 5.34. The van der Waals surface area contributed by atoms with Crippen LogP contribution in [-0.4, -0.2) is 43.2 Å². The summed E-state index contributed by atoms with van der Waals surface area (Å²) in [5.74, 6) is 1.23. The highest BCUT2D eigenvalue weighted by Gasteiger charge is 2.14. The number of aryl methyl sites for hydroxylation is 1. The number of likely N-dealkylation sites (N-methyl/N-ethyl adjacent to an activating group) is 1. The predicted molar refractivity (Wildman–Crippen MR) is 111 cm³/mol. The minimum absolute atomic E-state index is 0.0411. The third kappa shape index (κ3) is 6.32. The summed E-state index contributed by atoms with van der Waals surface area (Å²) in [6.07, 6.45) is 0.379. The highest BCUT2D eigenvalue weighted by atomic mass is 32.2. The number of hydrogen-bond acceptors (Lipinski definition) is 4. The first kappa shape index (κ1) is 20.8. The van der Waals surface area contributed by atoms with E-state index in [2.05, 4.69) is 5.32 Å². The second kappa shape index (κ2) is 10.0. The number of benzene rings is 2. The lowest BCUT2D eigenvalue weighted by Crippen LogP contribution is -2.35. The van der Waals surface area contributed by atoms with Crippen molar-refractivity contribution < 1.29 is 14.3 Å². The molecule has 0 heterocycles. The van der Waals surface area contributed by atoms with E-state index in [0.29, 0.717) is 12.2 Å². The van der Waals surface area contributed by atoms with E-state index < -0.39 is 0 Å². The van der Waals surface area contributed by atoms with Crippen molar-refractivity contribution in [3.8, 4) is 5.75 Å². The molecule has 0 saturated heterocycles. The van der Waals surface area contributed by atoms with E-state index in [-0.39, 0.29) is 18.4 Å². The molecule has 0 aliphatic carbocycles. The SMILES string of the molecule is COc1ccc(SCCC(=O)N(C)CC(=O)Nc2cccc(C)c2C)cc1. The largest absolute Gasteiger partial charge is 0.497 e. The van der Waals surface area contributed by atoms with Crippen LogP contribution in [0.1, 0.15) is 17.5 Å². The van der Waals surface area contributed by atoms with Crippen LogP contribution in [-0.2, 0) is 9.59 Å². The number of rotatable bonds is 8. The van der Waals surface area contributed by atoms with E-state index in [1.807, 2.05) is 56.3 Å². The van der Waals surface area contributed by atoms with Crippen molar-refractivity contribution in [2.24, 2.45) is 0 Å². The zero-order chi connectivity index (χ0) is 19.8. The Kier molecular flexibility index (Phi) is 7.73. The van der Waals surface area contributed by atoms with E-state index in [1.165, 1.54) is 4.90 Å². The molecule has 2 rings (SSSR count). The number of methoxy groups -OCH3 is 1. The highest BCUT2D eigenvalue weighted by Crippen LogP contribution is 2.22. The fourth-order valence-electron chi connectivity index (χ4n) is 2.50. The fourth-order valence-corrected chi connectivity index (χ4v) is 3.34. The maximum Gasteiger partial charge on any atom is 0.243 e. The summed E-state index contributed by atoms with van der Waals surface area (Å²) in [6.45, 7) is 4.01. The maximum absolute atomic E-state index is 12.3. The van der Waals surface area contributed by atoms with Crippen LogP contribution in [0.15, 0.2) is 47.4 Å². The van der Waals surface area contributed by atoms with Crippen LogP contribution >= 0.6 is 11.8 Å². The lowest BCUT2D eigenvalue weighted by molar-refractivity contribution is -0.132. The van der Waals surface area contributed by atoms with Gasteiger partial charge in [0.15, 0.2) is 0 Å². The topological polar surface area (TPSA) is 58.6 Å². The Hall–Kier alpha value is -2.47. The molecule has 0 aliphatic heterocycles. The summed E-state index contributed by atoms with van der Waals surface area (Å²) in [6, 6.07) is 13.5. The first-order chi connectivity index (χ1) is 12.9. The van der Waals surface area contributed by atoms with Gasteiger partial charge in [-0.05, 0) is 55.3 Å². The van der Waals surface area contributed by atoms with Gasteiger partial charge in [0.05, 0.1) is 13.7 Å². The third-order valence-electron chi connectivity index (χ3n) is 4.33. The Bertz CT molecular complexity index is 791. The number of carbonyl (C=O) groups excluding carboxylic acids is 2. The Labute approximate surface area is 165 Å². The van der Waals surface area contributed by atoms with E-state index in [9.17, 15) is 9.59 Å². The molecule has 0 atom stereocenters. The number of nitrogens with zero attached hydrogens (tertiary/aromatic N) is 1. The smallest absolute Gasteiger partial charge is 0.243 e. The predicted octanol–water partition coefficient (Wildman–Crippen LogP) is 3.89. The van der Waals surface area contributed by atoms with E-state index in [4.69, 9.17) is 4.74 Å². The fraction of sp³-hybridized carbons (Fsp3) is 0.333. The summed E-state index contributed by atoms with van der Waals surface area (Å²) in [7, 11) is 3.29. The van der Waals surface area contributed by atoms with Crippen molar-refractivity contribution in [2.45, 2.75) is 25.2 Å². The van der Waals surface area contributed by atoms with Gasteiger partial charge in [-0.3, -0.25) is 9.59 Å². The molecule has 1 N–H and O–H groups in total. The van der Waals surface area contributed by atoms with Gasteiger partial charge in [0.25, 0.3) is 0 Å². The van der Waals surface area contributed by atoms with Gasteiger partial charge in [0.2, 0.25) is 11.8 Å². The lowest BCUT2D eigenvalue weighted by atomic mass is 10.1. The van der Waals surface area contributed by atoms with Crippen molar-refractivity contribution in [1.82, 2.24) is 4.90 Å². The number of carbonyl (C=O) groups is 2. The molecule has 0 unspecified atom stereocenters. The standard InChI is InChI=1S/C21H26N2O3S/c1-15-6-5-7-19(16(15)2)22-20(24)14-23(3)21(25)12-13-27-18-10-8-17(26-4)9-11-18/h5-11H,12-14H2,1-4H3,(H,22,24). The van der Waals surface area contributed by atoms with Crippen molar-refractivity contribution >= 4 is 29.3 Å². The lowest BCUT2D eigenvalue weighted by Gasteiger charge is -2.17. The van der Waals surface area contributed by atoms with Crippen LogP contribution < -0.4 is 10.1 Å². The van der Waals surface area contributed by atoms with Crippen molar-refractivity contribution in [3.05, 3.63) is 53.6 Å². The summed E-state index contributed by atoms with van der Waals surface area (Å²) in [5.41, 5.74) is 2.94. The monoisotopic (exact) mass is 386 g/mol. The molecule has 27 heavy (non-hydrogen) atoms. The van der Waals surface area contributed by atoms with Crippen LogP contribution in [0.25, 0.3) is 0 Å². The second-order valence-electron chi connectivity index (χ2n) is 6.32. The molecule has 6 heteroatoms. The molecule has 2 aromatic rings. The Morgan fingerprint density at radius 1 is 1.11 bits per heavy atom. The second-order valence-corrected chi connectivity index (χ2v) is 7.49. The molecular weight excluding hydrogens is 360 g/mol. The quantitative estimate of drug-likeness (QED) is 0.699. The summed E-state index contributed by atoms with van der Waals surface area (Å²) in [5, 5.41) is 2.88. The minimum Gasteiger partial charge on any atom is -0.497 e. The van der Waals surface area contributed by atoms with Crippen molar-refractivity contribution in [2.75, 3.05) is 31.8 Å². The molecule has 0 bridgehead atoms. The van der Waals surface area contributed by atoms with Crippen LogP contribution in [0.4, 0.5) is 5.69 Å². The number of thioether (sulfide) groups is 1. The van der Waals surface area contributed by atoms with Gasteiger partial charge in [-0.2, -0.15) is 0 Å². The first-order valence-electron chi connectivity index (χ1n) is 8.77. The van der Waals surface area contributed by atoms with Gasteiger partial charge < -0.3 is 15.0 Å². The molecule has 2 aromatic carbocycles. The molecular formula is C21H26N2O3S. The molecule has 0 aromatic heterocycles. The van der Waals surface area contributed by atoms with Gasteiger partial charge in [-0.25, -0.2) is 0 Å². The molecule has 0 saturated carbocycles. The van der Waals surface area contributed by atoms with E-state index in [1.54, 1.807) is 25.9 Å². The van der Waals surface area contributed by atoms with Crippen LogP contribution in [0, 0.1) is 13.8 Å².